The third-order valence-electron chi connectivity index (χ3n) is 3.41. The van der Waals surface area contributed by atoms with Gasteiger partial charge in [0.15, 0.2) is 5.13 Å². The lowest BCUT2D eigenvalue weighted by Crippen LogP contribution is -2.28. The first kappa shape index (κ1) is 16.0. The van der Waals surface area contributed by atoms with Gasteiger partial charge in [0.25, 0.3) is 5.91 Å². The minimum absolute atomic E-state index is 0.247. The number of carbonyl (C=O) groups is 1. The van der Waals surface area contributed by atoms with Gasteiger partial charge in [0, 0.05) is 19.7 Å². The van der Waals surface area contributed by atoms with Gasteiger partial charge >= 0.3 is 0 Å². The Balaban J connectivity index is 1.81. The van der Waals surface area contributed by atoms with Crippen LogP contribution in [0.5, 0.6) is 0 Å². The number of hydrogen-bond donors (Lipinski definition) is 4. The van der Waals surface area contributed by atoms with E-state index in [2.05, 4.69) is 15.6 Å². The molecule has 0 bridgehead atoms. The summed E-state index contributed by atoms with van der Waals surface area (Å²) < 4.78 is 4.82. The topological polar surface area (TPSA) is 110 Å². The van der Waals surface area contributed by atoms with Crippen LogP contribution in [0.15, 0.2) is 0 Å². The molecule has 1 aliphatic rings. The number of anilines is 2. The molecule has 5 N–H and O–H groups in total. The van der Waals surface area contributed by atoms with Gasteiger partial charge in [-0.1, -0.05) is 11.3 Å². The van der Waals surface area contributed by atoms with Crippen molar-refractivity contribution in [3.63, 3.8) is 0 Å². The molecule has 0 aromatic carbocycles. The Morgan fingerprint density at radius 1 is 1.62 bits per heavy atom. The molecule has 21 heavy (non-hydrogen) atoms. The quantitative estimate of drug-likeness (QED) is 0.565. The molecule has 2 rings (SSSR count). The maximum atomic E-state index is 12.0. The molecule has 1 heterocycles. The highest BCUT2D eigenvalue weighted by Gasteiger charge is 2.21. The molecule has 1 aliphatic carbocycles. The van der Waals surface area contributed by atoms with Crippen LogP contribution < -0.4 is 16.4 Å². The highest BCUT2D eigenvalue weighted by atomic mass is 32.1. The van der Waals surface area contributed by atoms with Crippen molar-refractivity contribution in [2.75, 3.05) is 31.3 Å². The summed E-state index contributed by atoms with van der Waals surface area (Å²) in [6.45, 7) is 0.625. The van der Waals surface area contributed by atoms with Gasteiger partial charge in [-0.15, -0.1) is 0 Å². The summed E-state index contributed by atoms with van der Waals surface area (Å²) in [5, 5.41) is 16.2. The molecule has 0 spiro atoms. The van der Waals surface area contributed by atoms with Crippen molar-refractivity contribution in [3.05, 3.63) is 4.88 Å². The molecule has 1 atom stereocenters. The van der Waals surface area contributed by atoms with Crippen molar-refractivity contribution in [3.8, 4) is 0 Å². The van der Waals surface area contributed by atoms with Crippen LogP contribution in [0.2, 0.25) is 0 Å². The Labute approximate surface area is 127 Å². The number of nitrogens with two attached hydrogens (primary N) is 1. The molecule has 118 valence electrons. The average molecular weight is 314 g/mol. The van der Waals surface area contributed by atoms with Gasteiger partial charge in [-0.05, 0) is 25.7 Å². The van der Waals surface area contributed by atoms with Gasteiger partial charge in [-0.25, -0.2) is 4.98 Å². The van der Waals surface area contributed by atoms with Crippen LogP contribution in [0, 0.1) is 0 Å². The number of methoxy groups -OCH3 is 1. The molecule has 1 amide bonds. The Morgan fingerprint density at radius 2 is 2.38 bits per heavy atom. The number of hydrogen-bond acceptors (Lipinski definition) is 7. The van der Waals surface area contributed by atoms with Crippen LogP contribution in [-0.2, 0) is 4.74 Å². The number of amides is 1. The van der Waals surface area contributed by atoms with E-state index in [1.807, 2.05) is 0 Å². The Bertz CT molecular complexity index is 476. The minimum Gasteiger partial charge on any atom is -0.391 e. The Hall–Kier alpha value is -1.38. The van der Waals surface area contributed by atoms with E-state index >= 15 is 0 Å². The standard InChI is InChI=1S/C13H22N4O3S/c1-20-7-9(18)5-6-15-12(19)10-11(14)17-13(21-10)16-8-3-2-4-8/h8-9,18H,2-7,14H2,1H3,(H,15,19)(H,16,17). The highest BCUT2D eigenvalue weighted by Crippen LogP contribution is 2.29. The molecule has 1 saturated carbocycles. The lowest BCUT2D eigenvalue weighted by molar-refractivity contribution is 0.0588. The number of aliphatic hydroxyl groups is 1. The summed E-state index contributed by atoms with van der Waals surface area (Å²) in [6.07, 6.45) is 3.36. The van der Waals surface area contributed by atoms with Gasteiger partial charge in [-0.2, -0.15) is 0 Å². The maximum Gasteiger partial charge on any atom is 0.265 e. The first-order valence-corrected chi connectivity index (χ1v) is 7.90. The van der Waals surface area contributed by atoms with Crippen molar-refractivity contribution in [1.82, 2.24) is 10.3 Å². The summed E-state index contributed by atoms with van der Waals surface area (Å²) in [5.74, 6) is -0.00644. The monoisotopic (exact) mass is 314 g/mol. The predicted octanol–water partition coefficient (Wildman–Crippen LogP) is 0.817. The largest absolute Gasteiger partial charge is 0.391 e. The molecule has 7 nitrogen and oxygen atoms in total. The molecule has 1 unspecified atom stereocenters. The van der Waals surface area contributed by atoms with E-state index in [0.717, 1.165) is 12.8 Å². The molecule has 0 saturated heterocycles. The number of aromatic nitrogens is 1. The number of aliphatic hydroxyl groups excluding tert-OH is 1. The van der Waals surface area contributed by atoms with Crippen LogP contribution in [0.4, 0.5) is 10.9 Å². The second kappa shape index (κ2) is 7.58. The fraction of sp³-hybridized carbons (Fsp3) is 0.692. The van der Waals surface area contributed by atoms with Crippen LogP contribution in [0.1, 0.15) is 35.4 Å². The van der Waals surface area contributed by atoms with Gasteiger partial charge in [0.2, 0.25) is 0 Å². The molecule has 1 aromatic heterocycles. The number of thiazole rings is 1. The van der Waals surface area contributed by atoms with E-state index in [1.54, 1.807) is 0 Å². The van der Waals surface area contributed by atoms with E-state index in [1.165, 1.54) is 24.9 Å². The van der Waals surface area contributed by atoms with Crippen LogP contribution in [0.25, 0.3) is 0 Å². The number of ether oxygens (including phenoxy) is 1. The summed E-state index contributed by atoms with van der Waals surface area (Å²) in [4.78, 5) is 16.6. The summed E-state index contributed by atoms with van der Waals surface area (Å²) in [7, 11) is 1.52. The number of rotatable bonds is 8. The van der Waals surface area contributed by atoms with E-state index < -0.39 is 6.10 Å². The average Bonchev–Trinajstić information content (AvgIpc) is 2.75. The third-order valence-corrected chi connectivity index (χ3v) is 4.42. The Morgan fingerprint density at radius 3 is 3.00 bits per heavy atom. The zero-order valence-electron chi connectivity index (χ0n) is 12.1. The van der Waals surface area contributed by atoms with Gasteiger partial charge < -0.3 is 26.2 Å². The fourth-order valence-electron chi connectivity index (χ4n) is 1.99. The van der Waals surface area contributed by atoms with Crippen LogP contribution >= 0.6 is 11.3 Å². The highest BCUT2D eigenvalue weighted by molar-refractivity contribution is 7.18. The summed E-state index contributed by atoms with van der Waals surface area (Å²) in [5.41, 5.74) is 5.79. The van der Waals surface area contributed by atoms with Crippen LogP contribution in [0.3, 0.4) is 0 Å². The van der Waals surface area contributed by atoms with Gasteiger partial charge in [-0.3, -0.25) is 4.79 Å². The first-order chi connectivity index (χ1) is 10.1. The smallest absolute Gasteiger partial charge is 0.265 e. The van der Waals surface area contributed by atoms with E-state index in [0.29, 0.717) is 29.0 Å². The number of nitrogens with one attached hydrogen (secondary N) is 2. The minimum atomic E-state index is -0.579. The van der Waals surface area contributed by atoms with Crippen molar-refractivity contribution in [1.29, 1.82) is 0 Å². The normalized spacial score (nSPS) is 16.3. The second-order valence-corrected chi connectivity index (χ2v) is 6.16. The lowest BCUT2D eigenvalue weighted by Gasteiger charge is -2.25. The molecular formula is C13H22N4O3S. The second-order valence-electron chi connectivity index (χ2n) is 5.16. The zero-order valence-corrected chi connectivity index (χ0v) is 12.9. The predicted molar refractivity (Wildman–Crippen MR) is 82.6 cm³/mol. The molecule has 1 fully saturated rings. The molecular weight excluding hydrogens is 292 g/mol. The van der Waals surface area contributed by atoms with E-state index in [-0.39, 0.29) is 18.3 Å². The SMILES string of the molecule is COCC(O)CCNC(=O)c1sc(NC2CCC2)nc1N. The van der Waals surface area contributed by atoms with E-state index in [9.17, 15) is 9.90 Å². The van der Waals surface area contributed by atoms with Crippen molar-refractivity contribution < 1.29 is 14.6 Å². The van der Waals surface area contributed by atoms with Gasteiger partial charge in [0.05, 0.1) is 12.7 Å². The van der Waals surface area contributed by atoms with E-state index in [4.69, 9.17) is 10.5 Å². The molecule has 1 aromatic rings. The summed E-state index contributed by atoms with van der Waals surface area (Å²) >= 11 is 1.27. The van der Waals surface area contributed by atoms with Crippen molar-refractivity contribution in [2.45, 2.75) is 37.8 Å². The molecule has 0 aliphatic heterocycles. The van der Waals surface area contributed by atoms with Gasteiger partial charge in [0.1, 0.15) is 10.7 Å². The lowest BCUT2D eigenvalue weighted by atomic mass is 9.93. The number of nitrogen functional groups attached to an aromatic ring is 1. The maximum absolute atomic E-state index is 12.0. The van der Waals surface area contributed by atoms with Crippen molar-refractivity contribution >= 4 is 28.2 Å². The first-order valence-electron chi connectivity index (χ1n) is 7.08. The molecule has 8 heteroatoms. The molecule has 0 radical (unpaired) electrons. The fourth-order valence-corrected chi connectivity index (χ4v) is 2.87. The third kappa shape index (κ3) is 4.55. The number of carbonyl (C=O) groups excluding carboxylic acids is 1. The number of nitrogens with zero attached hydrogens (tertiary/aromatic N) is 1. The van der Waals surface area contributed by atoms with Crippen LogP contribution in [-0.4, -0.2) is 48.4 Å². The Kier molecular flexibility index (Phi) is 5.77. The zero-order chi connectivity index (χ0) is 15.2. The summed E-state index contributed by atoms with van der Waals surface area (Å²) in [6, 6.07) is 0.454. The van der Waals surface area contributed by atoms with Crippen molar-refractivity contribution in [2.24, 2.45) is 0 Å².